The largest absolute Gasteiger partial charge is 0.491 e. The average molecular weight is 285 g/mol. The lowest BCUT2D eigenvalue weighted by Crippen LogP contribution is -2.05. The molecule has 21 heavy (non-hydrogen) atoms. The maximum absolute atomic E-state index is 5.52. The summed E-state index contributed by atoms with van der Waals surface area (Å²) in [4.78, 5) is 8.66. The van der Waals surface area contributed by atoms with Crippen LogP contribution in [0.2, 0.25) is 0 Å². The summed E-state index contributed by atoms with van der Waals surface area (Å²) < 4.78 is 5.52. The van der Waals surface area contributed by atoms with Gasteiger partial charge in [-0.05, 0) is 17.9 Å². The maximum Gasteiger partial charge on any atom is 0.187 e. The topological polar surface area (TPSA) is 47.0 Å². The number of rotatable bonds is 6. The molecule has 0 spiro atoms. The van der Waals surface area contributed by atoms with Gasteiger partial charge < -0.3 is 10.1 Å². The first-order valence-corrected chi connectivity index (χ1v) is 7.40. The van der Waals surface area contributed by atoms with E-state index in [2.05, 4.69) is 60.3 Å². The van der Waals surface area contributed by atoms with Crippen LogP contribution >= 0.6 is 0 Å². The molecule has 0 fully saturated rings. The van der Waals surface area contributed by atoms with E-state index >= 15 is 0 Å². The molecule has 112 valence electrons. The summed E-state index contributed by atoms with van der Waals surface area (Å²) in [6, 6.07) is 8.45. The van der Waals surface area contributed by atoms with Crippen LogP contribution < -0.4 is 10.1 Å². The van der Waals surface area contributed by atoms with Crippen molar-refractivity contribution in [3.8, 4) is 17.0 Å². The molecular weight excluding hydrogens is 262 g/mol. The summed E-state index contributed by atoms with van der Waals surface area (Å²) in [6.07, 6.45) is 2.61. The summed E-state index contributed by atoms with van der Waals surface area (Å²) in [5, 5.41) is 3.28. The number of nitrogens with one attached hydrogen (secondary N) is 1. The lowest BCUT2D eigenvalue weighted by atomic mass is 10.0. The van der Waals surface area contributed by atoms with Gasteiger partial charge in [0.25, 0.3) is 0 Å². The zero-order valence-corrected chi connectivity index (χ0v) is 13.2. The van der Waals surface area contributed by atoms with E-state index in [9.17, 15) is 0 Å². The van der Waals surface area contributed by atoms with E-state index in [0.29, 0.717) is 11.7 Å². The minimum Gasteiger partial charge on any atom is -0.491 e. The number of hydrogen-bond donors (Lipinski definition) is 1. The summed E-state index contributed by atoms with van der Waals surface area (Å²) in [7, 11) is 1.65. The first-order chi connectivity index (χ1) is 10.2. The van der Waals surface area contributed by atoms with Gasteiger partial charge in [0, 0.05) is 12.1 Å². The smallest absolute Gasteiger partial charge is 0.187 e. The van der Waals surface area contributed by atoms with E-state index < -0.39 is 0 Å². The number of hydrogen-bond acceptors (Lipinski definition) is 4. The monoisotopic (exact) mass is 285 g/mol. The summed E-state index contributed by atoms with van der Waals surface area (Å²) >= 11 is 0. The highest BCUT2D eigenvalue weighted by Crippen LogP contribution is 2.33. The first-order valence-electron chi connectivity index (χ1n) is 7.40. The summed E-state index contributed by atoms with van der Waals surface area (Å²) in [6.45, 7) is 7.35. The second-order valence-corrected chi connectivity index (χ2v) is 5.31. The molecular formula is C17H23N3O. The van der Waals surface area contributed by atoms with Crippen molar-refractivity contribution in [3.05, 3.63) is 36.2 Å². The van der Waals surface area contributed by atoms with Crippen LogP contribution in [-0.4, -0.2) is 23.6 Å². The van der Waals surface area contributed by atoms with Gasteiger partial charge in [0.1, 0.15) is 12.0 Å². The Kier molecular flexibility index (Phi) is 5.14. The molecule has 1 aromatic heterocycles. The summed E-state index contributed by atoms with van der Waals surface area (Å²) in [5.74, 6) is 1.97. The standard InChI is InChI=1S/C17H23N3O/c1-5-10-18-17-16(21-4)15(19-11-20-17)14-8-6-13(7-9-14)12(2)3/h6-9,11-12H,5,10H2,1-4H3,(H,18,19,20). The first kappa shape index (κ1) is 15.3. The molecule has 2 rings (SSSR count). The molecule has 0 saturated heterocycles. The molecule has 2 aromatic rings. The van der Waals surface area contributed by atoms with Gasteiger partial charge >= 0.3 is 0 Å². The van der Waals surface area contributed by atoms with Crippen molar-refractivity contribution < 1.29 is 4.74 Å². The Hall–Kier alpha value is -2.10. The van der Waals surface area contributed by atoms with Gasteiger partial charge in [0.2, 0.25) is 0 Å². The third kappa shape index (κ3) is 3.51. The van der Waals surface area contributed by atoms with E-state index in [1.165, 1.54) is 5.56 Å². The van der Waals surface area contributed by atoms with Crippen LogP contribution in [0, 0.1) is 0 Å². The Bertz CT molecular complexity index is 579. The van der Waals surface area contributed by atoms with Gasteiger partial charge in [-0.1, -0.05) is 45.0 Å². The number of methoxy groups -OCH3 is 1. The Balaban J connectivity index is 2.38. The molecule has 0 amide bonds. The number of aromatic nitrogens is 2. The molecule has 0 radical (unpaired) electrons. The van der Waals surface area contributed by atoms with Gasteiger partial charge in [-0.2, -0.15) is 0 Å². The fourth-order valence-corrected chi connectivity index (χ4v) is 2.17. The maximum atomic E-state index is 5.52. The lowest BCUT2D eigenvalue weighted by Gasteiger charge is -2.13. The van der Waals surface area contributed by atoms with E-state index in [-0.39, 0.29) is 0 Å². The zero-order chi connectivity index (χ0) is 15.2. The van der Waals surface area contributed by atoms with Crippen LogP contribution in [0.4, 0.5) is 5.82 Å². The fourth-order valence-electron chi connectivity index (χ4n) is 2.17. The Morgan fingerprint density at radius 3 is 2.43 bits per heavy atom. The molecule has 0 aliphatic carbocycles. The van der Waals surface area contributed by atoms with Crippen LogP contribution in [0.25, 0.3) is 11.3 Å². The SMILES string of the molecule is CCCNc1ncnc(-c2ccc(C(C)C)cc2)c1OC. The molecule has 1 aromatic carbocycles. The number of nitrogens with zero attached hydrogens (tertiary/aromatic N) is 2. The van der Waals surface area contributed by atoms with Crippen molar-refractivity contribution in [3.63, 3.8) is 0 Å². The lowest BCUT2D eigenvalue weighted by molar-refractivity contribution is 0.414. The van der Waals surface area contributed by atoms with Gasteiger partial charge in [-0.15, -0.1) is 0 Å². The van der Waals surface area contributed by atoms with Crippen molar-refractivity contribution in [1.29, 1.82) is 0 Å². The molecule has 4 nitrogen and oxygen atoms in total. The van der Waals surface area contributed by atoms with Crippen molar-refractivity contribution in [1.82, 2.24) is 9.97 Å². The third-order valence-corrected chi connectivity index (χ3v) is 3.40. The second kappa shape index (κ2) is 7.07. The second-order valence-electron chi connectivity index (χ2n) is 5.31. The number of ether oxygens (including phenoxy) is 1. The van der Waals surface area contributed by atoms with Gasteiger partial charge in [-0.25, -0.2) is 9.97 Å². The summed E-state index contributed by atoms with van der Waals surface area (Å²) in [5.41, 5.74) is 3.18. The molecule has 4 heteroatoms. The fraction of sp³-hybridized carbons (Fsp3) is 0.412. The number of benzene rings is 1. The average Bonchev–Trinajstić information content (AvgIpc) is 2.52. The Morgan fingerprint density at radius 1 is 1.14 bits per heavy atom. The molecule has 0 bridgehead atoms. The highest BCUT2D eigenvalue weighted by atomic mass is 16.5. The van der Waals surface area contributed by atoms with Crippen LogP contribution in [0.15, 0.2) is 30.6 Å². The van der Waals surface area contributed by atoms with Crippen LogP contribution in [-0.2, 0) is 0 Å². The quantitative estimate of drug-likeness (QED) is 0.868. The van der Waals surface area contributed by atoms with Crippen molar-refractivity contribution in [2.45, 2.75) is 33.1 Å². The highest BCUT2D eigenvalue weighted by molar-refractivity contribution is 5.72. The number of anilines is 1. The molecule has 1 N–H and O–H groups in total. The van der Waals surface area contributed by atoms with Gasteiger partial charge in [-0.3, -0.25) is 0 Å². The Morgan fingerprint density at radius 2 is 1.86 bits per heavy atom. The van der Waals surface area contributed by atoms with E-state index in [0.717, 1.165) is 30.0 Å². The van der Waals surface area contributed by atoms with Crippen LogP contribution in [0.5, 0.6) is 5.75 Å². The minimum absolute atomic E-state index is 0.521. The zero-order valence-electron chi connectivity index (χ0n) is 13.2. The molecule has 0 atom stereocenters. The van der Waals surface area contributed by atoms with E-state index in [4.69, 9.17) is 4.74 Å². The molecule has 1 heterocycles. The van der Waals surface area contributed by atoms with Gasteiger partial charge in [0.05, 0.1) is 7.11 Å². The van der Waals surface area contributed by atoms with Crippen LogP contribution in [0.1, 0.15) is 38.7 Å². The van der Waals surface area contributed by atoms with Gasteiger partial charge in [0.15, 0.2) is 11.6 Å². The third-order valence-electron chi connectivity index (χ3n) is 3.40. The predicted molar refractivity (Wildman–Crippen MR) is 86.9 cm³/mol. The molecule has 0 saturated carbocycles. The Labute approximate surface area is 126 Å². The van der Waals surface area contributed by atoms with E-state index in [1.807, 2.05) is 0 Å². The van der Waals surface area contributed by atoms with Crippen molar-refractivity contribution in [2.75, 3.05) is 19.0 Å². The predicted octanol–water partition coefficient (Wildman–Crippen LogP) is 4.10. The van der Waals surface area contributed by atoms with E-state index in [1.54, 1.807) is 13.4 Å². The highest BCUT2D eigenvalue weighted by Gasteiger charge is 2.13. The molecule has 0 aliphatic rings. The normalized spacial score (nSPS) is 10.7. The van der Waals surface area contributed by atoms with Crippen molar-refractivity contribution in [2.24, 2.45) is 0 Å². The molecule has 0 unspecified atom stereocenters. The minimum atomic E-state index is 0.521. The van der Waals surface area contributed by atoms with Crippen LogP contribution in [0.3, 0.4) is 0 Å². The molecule has 0 aliphatic heterocycles. The van der Waals surface area contributed by atoms with Crippen molar-refractivity contribution >= 4 is 5.82 Å².